The first-order valence-electron chi connectivity index (χ1n) is 5.72. The van der Waals surface area contributed by atoms with Crippen molar-refractivity contribution in [2.75, 3.05) is 0 Å². The molecule has 0 aromatic rings. The molecule has 2 amide bonds. The number of amides is 2. The third-order valence-corrected chi connectivity index (χ3v) is 2.95. The topological polar surface area (TPSA) is 99.1 Å². The average Bonchev–Trinajstić information content (AvgIpc) is 2.30. The lowest BCUT2D eigenvalue weighted by atomic mass is 9.96. The standard InChI is InChI=1S/C10H17N3O4/c1-7(9(14)15)13(12-17)10(16)11-8-5-3-2-4-6-8/h7-8H,2-6H2,1H3,(H,11,16)(H,14,15). The number of nitrogens with zero attached hydrogens (tertiary/aromatic N) is 2. The van der Waals surface area contributed by atoms with Crippen LogP contribution >= 0.6 is 0 Å². The second-order valence-corrected chi connectivity index (χ2v) is 4.22. The average molecular weight is 243 g/mol. The lowest BCUT2D eigenvalue weighted by Crippen LogP contribution is -2.48. The highest BCUT2D eigenvalue weighted by molar-refractivity contribution is 5.82. The van der Waals surface area contributed by atoms with Gasteiger partial charge in [-0.15, -0.1) is 4.91 Å². The van der Waals surface area contributed by atoms with Crippen LogP contribution < -0.4 is 5.32 Å². The molecule has 1 unspecified atom stereocenters. The number of carbonyl (C=O) groups excluding carboxylic acids is 1. The summed E-state index contributed by atoms with van der Waals surface area (Å²) in [7, 11) is 0. The Morgan fingerprint density at radius 2 is 1.94 bits per heavy atom. The fraction of sp³-hybridized carbons (Fsp3) is 0.800. The van der Waals surface area contributed by atoms with Crippen LogP contribution in [0.5, 0.6) is 0 Å². The second-order valence-electron chi connectivity index (χ2n) is 4.22. The first-order valence-corrected chi connectivity index (χ1v) is 5.72. The van der Waals surface area contributed by atoms with Gasteiger partial charge in [-0.2, -0.15) is 5.01 Å². The van der Waals surface area contributed by atoms with Crippen molar-refractivity contribution in [1.82, 2.24) is 10.3 Å². The van der Waals surface area contributed by atoms with E-state index in [9.17, 15) is 14.5 Å². The van der Waals surface area contributed by atoms with E-state index in [1.165, 1.54) is 6.92 Å². The second kappa shape index (κ2) is 6.17. The van der Waals surface area contributed by atoms with E-state index < -0.39 is 18.0 Å². The van der Waals surface area contributed by atoms with Crippen molar-refractivity contribution < 1.29 is 14.7 Å². The van der Waals surface area contributed by atoms with Gasteiger partial charge in [-0.05, 0) is 19.8 Å². The number of carboxylic acid groups (broad SMARTS) is 1. The minimum Gasteiger partial charge on any atom is -0.480 e. The lowest BCUT2D eigenvalue weighted by Gasteiger charge is -2.25. The molecule has 7 heteroatoms. The van der Waals surface area contributed by atoms with Crippen molar-refractivity contribution in [2.45, 2.75) is 51.1 Å². The molecule has 0 aromatic carbocycles. The molecule has 0 aliphatic heterocycles. The van der Waals surface area contributed by atoms with Gasteiger partial charge in [0.2, 0.25) is 0 Å². The summed E-state index contributed by atoms with van der Waals surface area (Å²) in [6, 6.07) is -1.97. The van der Waals surface area contributed by atoms with Crippen molar-refractivity contribution in [2.24, 2.45) is 5.29 Å². The monoisotopic (exact) mass is 243 g/mol. The van der Waals surface area contributed by atoms with Crippen LogP contribution in [-0.2, 0) is 4.79 Å². The number of nitrogens with one attached hydrogen (secondary N) is 1. The molecule has 96 valence electrons. The number of urea groups is 1. The van der Waals surface area contributed by atoms with E-state index in [1.54, 1.807) is 0 Å². The van der Waals surface area contributed by atoms with E-state index >= 15 is 0 Å². The van der Waals surface area contributed by atoms with Gasteiger partial charge in [0.15, 0.2) is 6.04 Å². The Balaban J connectivity index is 2.53. The van der Waals surface area contributed by atoms with Gasteiger partial charge in [-0.3, -0.25) is 0 Å². The summed E-state index contributed by atoms with van der Waals surface area (Å²) in [5.74, 6) is -1.26. The van der Waals surface area contributed by atoms with E-state index in [2.05, 4.69) is 10.6 Å². The zero-order valence-electron chi connectivity index (χ0n) is 9.76. The van der Waals surface area contributed by atoms with E-state index in [4.69, 9.17) is 5.11 Å². The molecule has 0 spiro atoms. The highest BCUT2D eigenvalue weighted by atomic mass is 16.4. The maximum absolute atomic E-state index is 11.6. The molecule has 1 saturated carbocycles. The molecule has 0 heterocycles. The van der Waals surface area contributed by atoms with Gasteiger partial charge in [0.1, 0.15) is 0 Å². The van der Waals surface area contributed by atoms with Crippen molar-refractivity contribution in [3.8, 4) is 0 Å². The molecule has 1 aliphatic carbocycles. The van der Waals surface area contributed by atoms with E-state index in [1.807, 2.05) is 0 Å². The highest BCUT2D eigenvalue weighted by Gasteiger charge is 2.28. The number of carboxylic acids is 1. The Hall–Kier alpha value is -1.66. The maximum Gasteiger partial charge on any atom is 0.341 e. The summed E-state index contributed by atoms with van der Waals surface area (Å²) >= 11 is 0. The molecular formula is C10H17N3O4. The molecule has 1 fully saturated rings. The van der Waals surface area contributed by atoms with Gasteiger partial charge < -0.3 is 10.4 Å². The number of hydrogen-bond donors (Lipinski definition) is 2. The first-order chi connectivity index (χ1) is 8.06. The molecule has 17 heavy (non-hydrogen) atoms. The van der Waals surface area contributed by atoms with Crippen LogP contribution in [0.25, 0.3) is 0 Å². The van der Waals surface area contributed by atoms with E-state index in [0.717, 1.165) is 32.1 Å². The van der Waals surface area contributed by atoms with Gasteiger partial charge in [0.05, 0.1) is 5.29 Å². The molecule has 1 aliphatic rings. The largest absolute Gasteiger partial charge is 0.480 e. The zero-order chi connectivity index (χ0) is 12.8. The number of hydrogen-bond acceptors (Lipinski definition) is 4. The minimum atomic E-state index is -1.26. The van der Waals surface area contributed by atoms with Gasteiger partial charge in [-0.1, -0.05) is 19.3 Å². The summed E-state index contributed by atoms with van der Waals surface area (Å²) in [4.78, 5) is 32.8. The van der Waals surface area contributed by atoms with Crippen LogP contribution in [0.15, 0.2) is 5.29 Å². The predicted octanol–water partition coefficient (Wildman–Crippen LogP) is 1.49. The third-order valence-electron chi connectivity index (χ3n) is 2.95. The highest BCUT2D eigenvalue weighted by Crippen LogP contribution is 2.17. The smallest absolute Gasteiger partial charge is 0.341 e. The van der Waals surface area contributed by atoms with Crippen molar-refractivity contribution >= 4 is 12.0 Å². The molecular weight excluding hydrogens is 226 g/mol. The van der Waals surface area contributed by atoms with Gasteiger partial charge in [-0.25, -0.2) is 9.59 Å². The van der Waals surface area contributed by atoms with Gasteiger partial charge >= 0.3 is 12.0 Å². The summed E-state index contributed by atoms with van der Waals surface area (Å²) in [5.41, 5.74) is 0. The molecule has 0 saturated heterocycles. The number of aliphatic carboxylic acids is 1. The lowest BCUT2D eigenvalue weighted by molar-refractivity contribution is -0.141. The third kappa shape index (κ3) is 3.69. The number of rotatable bonds is 4. The van der Waals surface area contributed by atoms with Gasteiger partial charge in [0, 0.05) is 6.04 Å². The molecule has 1 rings (SSSR count). The molecule has 0 aromatic heterocycles. The van der Waals surface area contributed by atoms with E-state index in [-0.39, 0.29) is 6.04 Å². The fourth-order valence-corrected chi connectivity index (χ4v) is 1.88. The maximum atomic E-state index is 11.6. The van der Waals surface area contributed by atoms with Crippen LogP contribution in [0.3, 0.4) is 0 Å². The Kier molecular flexibility index (Phi) is 4.86. The van der Waals surface area contributed by atoms with Crippen molar-refractivity contribution in [3.05, 3.63) is 4.91 Å². The van der Waals surface area contributed by atoms with Crippen LogP contribution in [0.4, 0.5) is 4.79 Å². The van der Waals surface area contributed by atoms with Crippen molar-refractivity contribution in [3.63, 3.8) is 0 Å². The van der Waals surface area contributed by atoms with Crippen LogP contribution in [0, 0.1) is 4.91 Å². The number of carbonyl (C=O) groups is 2. The molecule has 0 radical (unpaired) electrons. The Morgan fingerprint density at radius 3 is 2.41 bits per heavy atom. The quantitative estimate of drug-likeness (QED) is 0.577. The first kappa shape index (κ1) is 13.4. The predicted molar refractivity (Wildman–Crippen MR) is 60.1 cm³/mol. The minimum absolute atomic E-state index is 0.0153. The molecule has 7 nitrogen and oxygen atoms in total. The summed E-state index contributed by atoms with van der Waals surface area (Å²) in [6.45, 7) is 1.24. The Morgan fingerprint density at radius 1 is 1.35 bits per heavy atom. The molecule has 2 N–H and O–H groups in total. The van der Waals surface area contributed by atoms with Crippen LogP contribution in [-0.4, -0.2) is 34.2 Å². The normalized spacial score (nSPS) is 18.2. The van der Waals surface area contributed by atoms with E-state index in [0.29, 0.717) is 5.01 Å². The van der Waals surface area contributed by atoms with Crippen LogP contribution in [0.2, 0.25) is 0 Å². The fourth-order valence-electron chi connectivity index (χ4n) is 1.88. The van der Waals surface area contributed by atoms with Crippen molar-refractivity contribution in [1.29, 1.82) is 0 Å². The zero-order valence-corrected chi connectivity index (χ0v) is 9.76. The summed E-state index contributed by atoms with van der Waals surface area (Å²) in [6.07, 6.45) is 4.94. The SMILES string of the molecule is CC(C(=O)O)N(N=O)C(=O)NC1CCCCC1. The Bertz CT molecular complexity index is 302. The molecule has 0 bridgehead atoms. The van der Waals surface area contributed by atoms with Gasteiger partial charge in [0.25, 0.3) is 0 Å². The number of nitroso groups, excluding NO2 is 1. The Labute approximate surface area is 99.1 Å². The van der Waals surface area contributed by atoms with Crippen LogP contribution in [0.1, 0.15) is 39.0 Å². The summed E-state index contributed by atoms with van der Waals surface area (Å²) in [5, 5.41) is 14.2. The molecule has 1 atom stereocenters. The summed E-state index contributed by atoms with van der Waals surface area (Å²) < 4.78 is 0.